The van der Waals surface area contributed by atoms with Gasteiger partial charge in [0.25, 0.3) is 0 Å². The highest BCUT2D eigenvalue weighted by atomic mass is 16.3. The van der Waals surface area contributed by atoms with Gasteiger partial charge in [-0.1, -0.05) is 26.7 Å². The molecule has 2 atom stereocenters. The summed E-state index contributed by atoms with van der Waals surface area (Å²) >= 11 is 0. The lowest BCUT2D eigenvalue weighted by Crippen LogP contribution is -2.47. The monoisotopic (exact) mass is 225 g/mol. The molecule has 2 saturated carbocycles. The molecule has 2 aliphatic carbocycles. The Morgan fingerprint density at radius 2 is 1.88 bits per heavy atom. The molecule has 0 aromatic rings. The summed E-state index contributed by atoms with van der Waals surface area (Å²) in [5.74, 6) is 0.495. The molecule has 0 aliphatic heterocycles. The fourth-order valence-electron chi connectivity index (χ4n) is 3.30. The summed E-state index contributed by atoms with van der Waals surface area (Å²) in [5, 5.41) is 10.4. The Balaban J connectivity index is 1.88. The van der Waals surface area contributed by atoms with Gasteiger partial charge in [0.2, 0.25) is 0 Å². The van der Waals surface area contributed by atoms with E-state index in [4.69, 9.17) is 0 Å². The van der Waals surface area contributed by atoms with Crippen LogP contribution in [-0.2, 0) is 0 Å². The van der Waals surface area contributed by atoms with Crippen molar-refractivity contribution in [1.82, 2.24) is 4.90 Å². The van der Waals surface area contributed by atoms with Gasteiger partial charge in [-0.15, -0.1) is 0 Å². The molecule has 2 nitrogen and oxygen atoms in total. The average Bonchev–Trinajstić information content (AvgIpc) is 2.10. The van der Waals surface area contributed by atoms with Gasteiger partial charge in [0.15, 0.2) is 0 Å². The van der Waals surface area contributed by atoms with Crippen molar-refractivity contribution in [2.45, 2.75) is 64.5 Å². The number of aliphatic hydroxyl groups excluding tert-OH is 1. The zero-order valence-corrected chi connectivity index (χ0v) is 11.1. The number of nitrogens with zero attached hydrogens (tertiary/aromatic N) is 1. The summed E-state index contributed by atoms with van der Waals surface area (Å²) in [4.78, 5) is 2.48. The van der Waals surface area contributed by atoms with E-state index in [0.717, 1.165) is 12.6 Å². The number of aliphatic hydroxyl groups is 1. The standard InChI is InChI=1S/C14H27NO/c1-14(2)9-5-6-11(13(14)16)10-15(3)12-7-4-8-12/h11-13,16H,4-10H2,1-3H3. The topological polar surface area (TPSA) is 23.5 Å². The third kappa shape index (κ3) is 2.43. The van der Waals surface area contributed by atoms with Gasteiger partial charge in [-0.05, 0) is 44.1 Å². The van der Waals surface area contributed by atoms with Crippen molar-refractivity contribution in [2.24, 2.45) is 11.3 Å². The first-order chi connectivity index (χ1) is 7.50. The Bertz CT molecular complexity index is 235. The zero-order valence-electron chi connectivity index (χ0n) is 11.1. The van der Waals surface area contributed by atoms with Crippen molar-refractivity contribution in [1.29, 1.82) is 0 Å². The minimum absolute atomic E-state index is 0.108. The molecular weight excluding hydrogens is 198 g/mol. The highest BCUT2D eigenvalue weighted by Crippen LogP contribution is 2.39. The average molecular weight is 225 g/mol. The lowest BCUT2D eigenvalue weighted by Gasteiger charge is -2.44. The SMILES string of the molecule is CN(CC1CCCC(C)(C)C1O)C1CCC1. The van der Waals surface area contributed by atoms with Gasteiger partial charge in [0, 0.05) is 12.6 Å². The summed E-state index contributed by atoms with van der Waals surface area (Å²) in [6, 6.07) is 0.803. The van der Waals surface area contributed by atoms with Gasteiger partial charge < -0.3 is 10.0 Å². The minimum Gasteiger partial charge on any atom is -0.392 e. The van der Waals surface area contributed by atoms with Crippen molar-refractivity contribution in [3.8, 4) is 0 Å². The maximum atomic E-state index is 10.4. The maximum absolute atomic E-state index is 10.4. The molecule has 1 N–H and O–H groups in total. The van der Waals surface area contributed by atoms with Gasteiger partial charge in [-0.2, -0.15) is 0 Å². The van der Waals surface area contributed by atoms with E-state index >= 15 is 0 Å². The molecular formula is C14H27NO. The molecule has 2 unspecified atom stereocenters. The number of rotatable bonds is 3. The minimum atomic E-state index is -0.108. The van der Waals surface area contributed by atoms with Crippen LogP contribution in [0.15, 0.2) is 0 Å². The van der Waals surface area contributed by atoms with Crippen molar-refractivity contribution in [2.75, 3.05) is 13.6 Å². The quantitative estimate of drug-likeness (QED) is 0.798. The Morgan fingerprint density at radius 1 is 1.19 bits per heavy atom. The molecule has 0 aromatic heterocycles. The smallest absolute Gasteiger partial charge is 0.0631 e. The third-order valence-corrected chi connectivity index (χ3v) is 4.86. The van der Waals surface area contributed by atoms with Crippen molar-refractivity contribution in [3.05, 3.63) is 0 Å². The Kier molecular flexibility index (Phi) is 3.60. The van der Waals surface area contributed by atoms with Gasteiger partial charge in [0.05, 0.1) is 6.10 Å². The Hall–Kier alpha value is -0.0800. The number of hydrogen-bond donors (Lipinski definition) is 1. The molecule has 2 rings (SSSR count). The molecule has 94 valence electrons. The molecule has 0 amide bonds. The van der Waals surface area contributed by atoms with Crippen molar-refractivity contribution < 1.29 is 5.11 Å². The van der Waals surface area contributed by atoms with Crippen LogP contribution in [0, 0.1) is 11.3 Å². The van der Waals surface area contributed by atoms with Crippen molar-refractivity contribution >= 4 is 0 Å². The first kappa shape index (κ1) is 12.4. The van der Waals surface area contributed by atoms with E-state index in [1.807, 2.05) is 0 Å². The van der Waals surface area contributed by atoms with Crippen molar-refractivity contribution in [3.63, 3.8) is 0 Å². The van der Waals surface area contributed by atoms with Crippen LogP contribution in [0.2, 0.25) is 0 Å². The van der Waals surface area contributed by atoms with E-state index in [1.54, 1.807) is 0 Å². The molecule has 0 radical (unpaired) electrons. The molecule has 2 aliphatic rings. The third-order valence-electron chi connectivity index (χ3n) is 4.86. The van der Waals surface area contributed by atoms with Crippen LogP contribution < -0.4 is 0 Å². The van der Waals surface area contributed by atoms with E-state index in [9.17, 15) is 5.11 Å². The number of hydrogen-bond acceptors (Lipinski definition) is 2. The van der Waals surface area contributed by atoms with Crippen LogP contribution in [0.4, 0.5) is 0 Å². The molecule has 0 bridgehead atoms. The fourth-order valence-corrected chi connectivity index (χ4v) is 3.30. The predicted octanol–water partition coefficient (Wildman–Crippen LogP) is 2.66. The first-order valence-electron chi connectivity index (χ1n) is 6.89. The molecule has 2 fully saturated rings. The van der Waals surface area contributed by atoms with E-state index in [0.29, 0.717) is 5.92 Å². The van der Waals surface area contributed by atoms with Crippen LogP contribution in [0.5, 0.6) is 0 Å². The maximum Gasteiger partial charge on any atom is 0.0631 e. The molecule has 0 saturated heterocycles. The zero-order chi connectivity index (χ0) is 11.8. The summed E-state index contributed by atoms with van der Waals surface area (Å²) < 4.78 is 0. The largest absolute Gasteiger partial charge is 0.392 e. The highest BCUT2D eigenvalue weighted by Gasteiger charge is 2.38. The van der Waals surface area contributed by atoms with E-state index in [2.05, 4.69) is 25.8 Å². The lowest BCUT2D eigenvalue weighted by atomic mass is 9.69. The van der Waals surface area contributed by atoms with Gasteiger partial charge >= 0.3 is 0 Å². The Labute approximate surface area is 100 Å². The normalized spacial score (nSPS) is 35.1. The summed E-state index contributed by atoms with van der Waals surface area (Å²) in [6.45, 7) is 5.52. The van der Waals surface area contributed by atoms with Gasteiger partial charge in [-0.25, -0.2) is 0 Å². The second kappa shape index (κ2) is 4.66. The van der Waals surface area contributed by atoms with Gasteiger partial charge in [0.1, 0.15) is 0 Å². The summed E-state index contributed by atoms with van der Waals surface area (Å²) in [7, 11) is 2.23. The second-order valence-corrected chi connectivity index (χ2v) is 6.61. The summed E-state index contributed by atoms with van der Waals surface area (Å²) in [5.41, 5.74) is 0.128. The molecule has 0 aromatic carbocycles. The summed E-state index contributed by atoms with van der Waals surface area (Å²) in [6.07, 6.45) is 7.69. The van der Waals surface area contributed by atoms with Crippen LogP contribution >= 0.6 is 0 Å². The second-order valence-electron chi connectivity index (χ2n) is 6.61. The molecule has 16 heavy (non-hydrogen) atoms. The van der Waals surface area contributed by atoms with E-state index in [-0.39, 0.29) is 11.5 Å². The fraction of sp³-hybridized carbons (Fsp3) is 1.00. The van der Waals surface area contributed by atoms with E-state index in [1.165, 1.54) is 38.5 Å². The molecule has 0 heterocycles. The van der Waals surface area contributed by atoms with Crippen LogP contribution in [0.1, 0.15) is 52.4 Å². The van der Waals surface area contributed by atoms with Crippen LogP contribution in [0.25, 0.3) is 0 Å². The van der Waals surface area contributed by atoms with E-state index < -0.39 is 0 Å². The molecule has 2 heteroatoms. The highest BCUT2D eigenvalue weighted by molar-refractivity contribution is 4.90. The van der Waals surface area contributed by atoms with Crippen LogP contribution in [-0.4, -0.2) is 35.7 Å². The van der Waals surface area contributed by atoms with Crippen LogP contribution in [0.3, 0.4) is 0 Å². The van der Waals surface area contributed by atoms with Gasteiger partial charge in [-0.3, -0.25) is 0 Å². The first-order valence-corrected chi connectivity index (χ1v) is 6.89. The predicted molar refractivity (Wildman–Crippen MR) is 67.4 cm³/mol. The lowest BCUT2D eigenvalue weighted by molar-refractivity contribution is -0.0471. The Morgan fingerprint density at radius 3 is 2.44 bits per heavy atom. The molecule has 0 spiro atoms.